The van der Waals surface area contributed by atoms with Crippen molar-refractivity contribution in [1.29, 1.82) is 5.26 Å². The van der Waals surface area contributed by atoms with Crippen LogP contribution in [0, 0.1) is 18.3 Å². The minimum Gasteiger partial charge on any atom is -0.368 e. The van der Waals surface area contributed by atoms with Crippen LogP contribution < -0.4 is 10.2 Å². The third kappa shape index (κ3) is 3.41. The average molecular weight is 425 g/mol. The topological polar surface area (TPSA) is 59.4 Å². The Morgan fingerprint density at radius 1 is 1.09 bits per heavy atom. The van der Waals surface area contributed by atoms with E-state index in [2.05, 4.69) is 47.4 Å². The molecule has 1 heterocycles. The first kappa shape index (κ1) is 20.5. The van der Waals surface area contributed by atoms with E-state index in [4.69, 9.17) is 0 Å². The Balaban J connectivity index is 1.42. The minimum absolute atomic E-state index is 0.0278. The van der Waals surface area contributed by atoms with Gasteiger partial charge in [-0.15, -0.1) is 0 Å². The van der Waals surface area contributed by atoms with Crippen molar-refractivity contribution in [2.24, 2.45) is 0 Å². The van der Waals surface area contributed by atoms with Crippen LogP contribution in [0.25, 0.3) is 10.8 Å². The summed E-state index contributed by atoms with van der Waals surface area (Å²) in [6, 6.07) is 20.9. The van der Waals surface area contributed by atoms with Gasteiger partial charge in [-0.2, -0.15) is 5.26 Å². The zero-order valence-electron chi connectivity index (χ0n) is 18.9. The van der Waals surface area contributed by atoms with E-state index in [1.807, 2.05) is 49.4 Å². The highest BCUT2D eigenvalue weighted by Gasteiger charge is 2.47. The fourth-order valence-corrected chi connectivity index (χ4v) is 4.73. The standard InChI is InChI=1S/C27H28N4O/c1-18-8-10-20(31-16-21(17-31)30(2)3)14-24(18)26(32)29-27(12-13-27)25-11-9-19(15-28)22-6-4-5-7-23(22)25/h4-11,14,21H,12-13,16-17H2,1-3H3,(H,29,32). The summed E-state index contributed by atoms with van der Waals surface area (Å²) in [6.45, 7) is 3.96. The molecule has 1 amide bonds. The maximum absolute atomic E-state index is 13.4. The lowest BCUT2D eigenvalue weighted by Gasteiger charge is -2.44. The average Bonchev–Trinajstić information content (AvgIpc) is 3.52. The van der Waals surface area contributed by atoms with Crippen LogP contribution >= 0.6 is 0 Å². The van der Waals surface area contributed by atoms with Crippen LogP contribution in [-0.2, 0) is 5.54 Å². The molecule has 3 aromatic rings. The van der Waals surface area contributed by atoms with E-state index in [0.29, 0.717) is 11.6 Å². The number of rotatable bonds is 5. The highest BCUT2D eigenvalue weighted by molar-refractivity contribution is 5.98. The van der Waals surface area contributed by atoms with Gasteiger partial charge in [0.05, 0.1) is 17.2 Å². The van der Waals surface area contributed by atoms with Crippen molar-refractivity contribution in [1.82, 2.24) is 10.2 Å². The molecule has 0 atom stereocenters. The van der Waals surface area contributed by atoms with Crippen LogP contribution in [0.1, 0.15) is 39.9 Å². The Bertz CT molecular complexity index is 1250. The van der Waals surface area contributed by atoms with Crippen molar-refractivity contribution in [3.8, 4) is 6.07 Å². The predicted octanol–water partition coefficient (Wildman–Crippen LogP) is 4.19. The smallest absolute Gasteiger partial charge is 0.252 e. The SMILES string of the molecule is Cc1ccc(N2CC(N(C)C)C2)cc1C(=O)NC1(c2ccc(C#N)c3ccccc23)CC1. The second-order valence-corrected chi connectivity index (χ2v) is 9.38. The molecule has 3 aromatic carbocycles. The van der Waals surface area contributed by atoms with Gasteiger partial charge < -0.3 is 15.1 Å². The number of nitrogens with one attached hydrogen (secondary N) is 1. The molecule has 1 aliphatic heterocycles. The molecule has 5 heteroatoms. The molecule has 0 aromatic heterocycles. The number of benzene rings is 3. The third-order valence-corrected chi connectivity index (χ3v) is 7.09. The third-order valence-electron chi connectivity index (χ3n) is 7.09. The summed E-state index contributed by atoms with van der Waals surface area (Å²) in [4.78, 5) is 18.0. The Labute approximate surface area is 189 Å². The largest absolute Gasteiger partial charge is 0.368 e. The molecule has 1 N–H and O–H groups in total. The Hall–Kier alpha value is -3.36. The number of nitriles is 1. The lowest BCUT2D eigenvalue weighted by Crippen LogP contribution is -2.57. The lowest BCUT2D eigenvalue weighted by atomic mass is 9.93. The van der Waals surface area contributed by atoms with Gasteiger partial charge in [-0.25, -0.2) is 0 Å². The summed E-state index contributed by atoms with van der Waals surface area (Å²) in [6.07, 6.45) is 1.81. The van der Waals surface area contributed by atoms with E-state index in [1.165, 1.54) is 0 Å². The number of anilines is 1. The molecule has 0 bridgehead atoms. The van der Waals surface area contributed by atoms with E-state index in [1.54, 1.807) is 0 Å². The van der Waals surface area contributed by atoms with Gasteiger partial charge in [0, 0.05) is 30.4 Å². The van der Waals surface area contributed by atoms with Gasteiger partial charge in [-0.05, 0) is 74.0 Å². The summed E-state index contributed by atoms with van der Waals surface area (Å²) >= 11 is 0. The first-order chi connectivity index (χ1) is 15.4. The van der Waals surface area contributed by atoms with Crippen LogP contribution in [-0.4, -0.2) is 44.0 Å². The number of hydrogen-bond acceptors (Lipinski definition) is 4. The van der Waals surface area contributed by atoms with E-state index in [-0.39, 0.29) is 11.4 Å². The van der Waals surface area contributed by atoms with Crippen LogP contribution in [0.4, 0.5) is 5.69 Å². The molecular weight excluding hydrogens is 396 g/mol. The second kappa shape index (κ2) is 7.65. The van der Waals surface area contributed by atoms with Crippen molar-refractivity contribution in [3.63, 3.8) is 0 Å². The fraction of sp³-hybridized carbons (Fsp3) is 0.333. The van der Waals surface area contributed by atoms with Crippen molar-refractivity contribution in [2.45, 2.75) is 31.3 Å². The molecule has 1 saturated carbocycles. The van der Waals surface area contributed by atoms with E-state index in [0.717, 1.165) is 59.1 Å². The van der Waals surface area contributed by atoms with Gasteiger partial charge in [0.25, 0.3) is 5.91 Å². The molecule has 1 aliphatic carbocycles. The van der Waals surface area contributed by atoms with Crippen molar-refractivity contribution in [2.75, 3.05) is 32.1 Å². The number of carbonyl (C=O) groups excluding carboxylic acids is 1. The summed E-state index contributed by atoms with van der Waals surface area (Å²) in [7, 11) is 4.22. The summed E-state index contributed by atoms with van der Waals surface area (Å²) < 4.78 is 0. The van der Waals surface area contributed by atoms with Gasteiger partial charge in [0.2, 0.25) is 0 Å². The van der Waals surface area contributed by atoms with Crippen LogP contribution in [0.2, 0.25) is 0 Å². The first-order valence-electron chi connectivity index (χ1n) is 11.2. The Morgan fingerprint density at radius 2 is 1.81 bits per heavy atom. The van der Waals surface area contributed by atoms with Crippen molar-refractivity contribution >= 4 is 22.4 Å². The molecule has 32 heavy (non-hydrogen) atoms. The van der Waals surface area contributed by atoms with E-state index >= 15 is 0 Å². The van der Waals surface area contributed by atoms with Gasteiger partial charge in [0.1, 0.15) is 0 Å². The maximum atomic E-state index is 13.4. The number of carbonyl (C=O) groups is 1. The number of amides is 1. The molecule has 0 unspecified atom stereocenters. The van der Waals surface area contributed by atoms with Gasteiger partial charge in [-0.3, -0.25) is 4.79 Å². The molecule has 1 saturated heterocycles. The molecular formula is C27H28N4O. The monoisotopic (exact) mass is 424 g/mol. The Morgan fingerprint density at radius 3 is 2.47 bits per heavy atom. The molecule has 0 radical (unpaired) electrons. The van der Waals surface area contributed by atoms with Crippen LogP contribution in [0.15, 0.2) is 54.6 Å². The molecule has 0 spiro atoms. The zero-order valence-corrected chi connectivity index (χ0v) is 18.9. The summed E-state index contributed by atoms with van der Waals surface area (Å²) in [5.74, 6) is -0.0278. The number of aryl methyl sites for hydroxylation is 1. The lowest BCUT2D eigenvalue weighted by molar-refractivity contribution is 0.0930. The number of fused-ring (bicyclic) bond motifs is 1. The fourth-order valence-electron chi connectivity index (χ4n) is 4.73. The quantitative estimate of drug-likeness (QED) is 0.667. The number of likely N-dealkylation sites (N-methyl/N-ethyl adjacent to an activating group) is 1. The van der Waals surface area contributed by atoms with Crippen LogP contribution in [0.3, 0.4) is 0 Å². The van der Waals surface area contributed by atoms with E-state index in [9.17, 15) is 10.1 Å². The molecule has 5 rings (SSSR count). The molecule has 2 aliphatic rings. The number of nitrogens with zero attached hydrogens (tertiary/aromatic N) is 3. The Kier molecular flexibility index (Phi) is 4.91. The molecule has 162 valence electrons. The number of hydrogen-bond donors (Lipinski definition) is 1. The van der Waals surface area contributed by atoms with Gasteiger partial charge in [0.15, 0.2) is 0 Å². The van der Waals surface area contributed by atoms with Crippen LogP contribution in [0.5, 0.6) is 0 Å². The predicted molar refractivity (Wildman–Crippen MR) is 128 cm³/mol. The van der Waals surface area contributed by atoms with E-state index < -0.39 is 0 Å². The normalized spacial score (nSPS) is 17.2. The highest BCUT2D eigenvalue weighted by Crippen LogP contribution is 2.48. The molecule has 5 nitrogen and oxygen atoms in total. The van der Waals surface area contributed by atoms with Gasteiger partial charge >= 0.3 is 0 Å². The minimum atomic E-state index is -0.361. The zero-order chi connectivity index (χ0) is 22.5. The summed E-state index contributed by atoms with van der Waals surface area (Å²) in [5, 5.41) is 14.8. The maximum Gasteiger partial charge on any atom is 0.252 e. The van der Waals surface area contributed by atoms with Crippen molar-refractivity contribution in [3.05, 3.63) is 76.9 Å². The van der Waals surface area contributed by atoms with Gasteiger partial charge in [-0.1, -0.05) is 36.4 Å². The first-order valence-corrected chi connectivity index (χ1v) is 11.2. The second-order valence-electron chi connectivity index (χ2n) is 9.38. The molecule has 2 fully saturated rings. The summed E-state index contributed by atoms with van der Waals surface area (Å²) in [5.41, 5.74) is 4.23. The van der Waals surface area contributed by atoms with Crippen molar-refractivity contribution < 1.29 is 4.79 Å². The highest BCUT2D eigenvalue weighted by atomic mass is 16.1.